The van der Waals surface area contributed by atoms with Crippen molar-refractivity contribution in [2.75, 3.05) is 18.4 Å². The van der Waals surface area contributed by atoms with Gasteiger partial charge in [0.15, 0.2) is 0 Å². The van der Waals surface area contributed by atoms with Crippen molar-refractivity contribution in [3.05, 3.63) is 29.8 Å². The van der Waals surface area contributed by atoms with Gasteiger partial charge in [0.25, 0.3) is 5.91 Å². The number of nitrogens with one attached hydrogen (secondary N) is 3. The van der Waals surface area contributed by atoms with Crippen molar-refractivity contribution < 1.29 is 9.59 Å². The molecule has 1 fully saturated rings. The molecule has 0 radical (unpaired) electrons. The molecule has 1 saturated heterocycles. The Hall–Kier alpha value is -1.59. The molecular weight excluding hydrogens is 314 g/mol. The van der Waals surface area contributed by atoms with Crippen molar-refractivity contribution >= 4 is 29.9 Å². The van der Waals surface area contributed by atoms with E-state index in [0.29, 0.717) is 11.3 Å². The summed E-state index contributed by atoms with van der Waals surface area (Å²) in [5.41, 5.74) is 0.575. The number of rotatable bonds is 3. The highest BCUT2D eigenvalue weighted by Crippen LogP contribution is 2.20. The van der Waals surface area contributed by atoms with Gasteiger partial charge >= 0.3 is 0 Å². The van der Waals surface area contributed by atoms with Crippen LogP contribution in [0.2, 0.25) is 0 Å². The van der Waals surface area contributed by atoms with Crippen molar-refractivity contribution in [1.82, 2.24) is 10.6 Å². The fraction of sp³-hybridized carbons (Fsp3) is 0.529. The normalized spacial score (nSPS) is 15.4. The highest BCUT2D eigenvalue weighted by atomic mass is 35.5. The van der Waals surface area contributed by atoms with E-state index in [0.717, 1.165) is 25.9 Å². The molecular formula is C17H26ClN3O2. The quantitative estimate of drug-likeness (QED) is 0.792. The van der Waals surface area contributed by atoms with E-state index >= 15 is 0 Å². The van der Waals surface area contributed by atoms with E-state index in [4.69, 9.17) is 0 Å². The average molecular weight is 340 g/mol. The minimum Gasteiger partial charge on any atom is -0.349 e. The number of para-hydroxylation sites is 1. The number of piperidine rings is 1. The molecule has 1 aromatic carbocycles. The lowest BCUT2D eigenvalue weighted by molar-refractivity contribution is -0.123. The van der Waals surface area contributed by atoms with Gasteiger partial charge in [0, 0.05) is 11.5 Å². The van der Waals surface area contributed by atoms with Crippen LogP contribution in [0.25, 0.3) is 0 Å². The Kier molecular flexibility index (Phi) is 7.03. The van der Waals surface area contributed by atoms with Crippen LogP contribution in [-0.2, 0) is 4.79 Å². The van der Waals surface area contributed by atoms with Gasteiger partial charge in [-0.1, -0.05) is 32.9 Å². The standard InChI is InChI=1S/C17H25N3O2.ClH/c1-17(2,3)16(22)20-14-7-5-4-6-13(14)15(21)19-12-8-10-18-11-9-12;/h4-7,12,18H,8-11H2,1-3H3,(H,19,21)(H,20,22);1H. The number of carbonyl (C=O) groups is 2. The Morgan fingerprint density at radius 2 is 1.74 bits per heavy atom. The third-order valence-electron chi connectivity index (χ3n) is 3.78. The van der Waals surface area contributed by atoms with Crippen molar-refractivity contribution in [2.45, 2.75) is 39.7 Å². The second-order valence-corrected chi connectivity index (χ2v) is 6.75. The first kappa shape index (κ1) is 19.5. The molecule has 0 spiro atoms. The molecule has 1 aromatic rings. The summed E-state index contributed by atoms with van der Waals surface area (Å²) in [6.45, 7) is 7.39. The summed E-state index contributed by atoms with van der Waals surface area (Å²) in [7, 11) is 0. The summed E-state index contributed by atoms with van der Waals surface area (Å²) in [4.78, 5) is 24.6. The number of hydrogen-bond donors (Lipinski definition) is 3. The fourth-order valence-corrected chi connectivity index (χ4v) is 2.33. The van der Waals surface area contributed by atoms with Crippen LogP contribution in [0.15, 0.2) is 24.3 Å². The van der Waals surface area contributed by atoms with Gasteiger partial charge in [-0.3, -0.25) is 9.59 Å². The maximum absolute atomic E-state index is 12.5. The summed E-state index contributed by atoms with van der Waals surface area (Å²) < 4.78 is 0. The fourth-order valence-electron chi connectivity index (χ4n) is 2.33. The van der Waals surface area contributed by atoms with Crippen molar-refractivity contribution in [1.29, 1.82) is 0 Å². The molecule has 0 unspecified atom stereocenters. The van der Waals surface area contributed by atoms with Crippen LogP contribution in [0, 0.1) is 5.41 Å². The average Bonchev–Trinajstić information content (AvgIpc) is 2.47. The first-order valence-corrected chi connectivity index (χ1v) is 7.80. The summed E-state index contributed by atoms with van der Waals surface area (Å²) >= 11 is 0. The Bertz CT molecular complexity index is 549. The van der Waals surface area contributed by atoms with Gasteiger partial charge in [-0.05, 0) is 38.1 Å². The molecule has 0 atom stereocenters. The third-order valence-corrected chi connectivity index (χ3v) is 3.78. The molecule has 0 bridgehead atoms. The number of halogens is 1. The number of anilines is 1. The van der Waals surface area contributed by atoms with Crippen LogP contribution >= 0.6 is 12.4 Å². The first-order valence-electron chi connectivity index (χ1n) is 7.80. The van der Waals surface area contributed by atoms with E-state index in [1.807, 2.05) is 32.9 Å². The van der Waals surface area contributed by atoms with E-state index in [1.165, 1.54) is 0 Å². The number of amides is 2. The molecule has 0 aromatic heterocycles. The van der Waals surface area contributed by atoms with Gasteiger partial charge < -0.3 is 16.0 Å². The largest absolute Gasteiger partial charge is 0.349 e. The van der Waals surface area contributed by atoms with Crippen LogP contribution in [0.4, 0.5) is 5.69 Å². The van der Waals surface area contributed by atoms with Crippen LogP contribution in [0.1, 0.15) is 44.0 Å². The molecule has 2 amide bonds. The Labute approximate surface area is 144 Å². The molecule has 2 rings (SSSR count). The molecule has 128 valence electrons. The zero-order valence-electron chi connectivity index (χ0n) is 13.9. The van der Waals surface area contributed by atoms with Gasteiger partial charge in [0.1, 0.15) is 0 Å². The molecule has 0 saturated carbocycles. The third kappa shape index (κ3) is 5.52. The van der Waals surface area contributed by atoms with Crippen LogP contribution in [0.5, 0.6) is 0 Å². The van der Waals surface area contributed by atoms with Crippen molar-refractivity contribution in [2.24, 2.45) is 5.41 Å². The highest BCUT2D eigenvalue weighted by Gasteiger charge is 2.24. The summed E-state index contributed by atoms with van der Waals surface area (Å²) in [6, 6.07) is 7.33. The van der Waals surface area contributed by atoms with Crippen LogP contribution in [0.3, 0.4) is 0 Å². The SMILES string of the molecule is CC(C)(C)C(=O)Nc1ccccc1C(=O)NC1CCNCC1.Cl. The lowest BCUT2D eigenvalue weighted by Gasteiger charge is -2.24. The second-order valence-electron chi connectivity index (χ2n) is 6.75. The van der Waals surface area contributed by atoms with Gasteiger partial charge in [-0.2, -0.15) is 0 Å². The number of carbonyl (C=O) groups excluding carboxylic acids is 2. The smallest absolute Gasteiger partial charge is 0.253 e. The number of hydrogen-bond acceptors (Lipinski definition) is 3. The zero-order valence-corrected chi connectivity index (χ0v) is 14.8. The highest BCUT2D eigenvalue weighted by molar-refractivity contribution is 6.04. The molecule has 6 heteroatoms. The lowest BCUT2D eigenvalue weighted by Crippen LogP contribution is -2.43. The van der Waals surface area contributed by atoms with E-state index in [1.54, 1.807) is 12.1 Å². The summed E-state index contributed by atoms with van der Waals surface area (Å²) in [5, 5.41) is 9.19. The molecule has 3 N–H and O–H groups in total. The first-order chi connectivity index (χ1) is 10.4. The topological polar surface area (TPSA) is 70.2 Å². The Morgan fingerprint density at radius 3 is 2.35 bits per heavy atom. The van der Waals surface area contributed by atoms with E-state index in [-0.39, 0.29) is 30.3 Å². The monoisotopic (exact) mass is 339 g/mol. The van der Waals surface area contributed by atoms with E-state index < -0.39 is 5.41 Å². The molecule has 0 aliphatic carbocycles. The van der Waals surface area contributed by atoms with Gasteiger partial charge in [0.05, 0.1) is 11.3 Å². The summed E-state index contributed by atoms with van der Waals surface area (Å²) in [6.07, 6.45) is 1.87. The predicted molar refractivity (Wildman–Crippen MR) is 95.1 cm³/mol. The lowest BCUT2D eigenvalue weighted by atomic mass is 9.95. The molecule has 5 nitrogen and oxygen atoms in total. The maximum Gasteiger partial charge on any atom is 0.253 e. The second kappa shape index (κ2) is 8.31. The zero-order chi connectivity index (χ0) is 16.2. The van der Waals surface area contributed by atoms with Crippen LogP contribution in [-0.4, -0.2) is 30.9 Å². The number of benzene rings is 1. The minimum atomic E-state index is -0.501. The minimum absolute atomic E-state index is 0. The van der Waals surface area contributed by atoms with Crippen molar-refractivity contribution in [3.8, 4) is 0 Å². The van der Waals surface area contributed by atoms with Gasteiger partial charge in [-0.15, -0.1) is 12.4 Å². The Balaban J connectivity index is 0.00000264. The van der Waals surface area contributed by atoms with E-state index in [9.17, 15) is 9.59 Å². The van der Waals surface area contributed by atoms with Crippen molar-refractivity contribution in [3.63, 3.8) is 0 Å². The Morgan fingerprint density at radius 1 is 1.13 bits per heavy atom. The van der Waals surface area contributed by atoms with Crippen LogP contribution < -0.4 is 16.0 Å². The summed E-state index contributed by atoms with van der Waals surface area (Å²) in [5.74, 6) is -0.230. The van der Waals surface area contributed by atoms with Gasteiger partial charge in [0.2, 0.25) is 5.91 Å². The molecule has 1 aliphatic heterocycles. The molecule has 23 heavy (non-hydrogen) atoms. The van der Waals surface area contributed by atoms with E-state index in [2.05, 4.69) is 16.0 Å². The maximum atomic E-state index is 12.5. The molecule has 1 heterocycles. The van der Waals surface area contributed by atoms with Gasteiger partial charge in [-0.25, -0.2) is 0 Å². The predicted octanol–water partition coefficient (Wildman–Crippen LogP) is 2.57. The molecule has 1 aliphatic rings.